The van der Waals surface area contributed by atoms with E-state index in [1.54, 1.807) is 6.07 Å². The molecule has 0 bridgehead atoms. The smallest absolute Gasteiger partial charge is 0.385 e. The first-order valence-electron chi connectivity index (χ1n) is 11.6. The van der Waals surface area contributed by atoms with Crippen LogP contribution in [-0.2, 0) is 11.2 Å². The fourth-order valence-corrected chi connectivity index (χ4v) is 5.46. The highest BCUT2D eigenvalue weighted by atomic mass is 19.4. The lowest BCUT2D eigenvalue weighted by atomic mass is 9.77. The number of nitrogens with two attached hydrogens (primary N) is 1. The van der Waals surface area contributed by atoms with Crippen molar-refractivity contribution in [3.63, 3.8) is 0 Å². The normalized spacial score (nSPS) is 23.2. The lowest BCUT2D eigenvalue weighted by Gasteiger charge is -2.39. The van der Waals surface area contributed by atoms with Gasteiger partial charge in [-0.25, -0.2) is 0 Å². The van der Waals surface area contributed by atoms with Crippen molar-refractivity contribution in [1.29, 1.82) is 0 Å². The molecule has 2 heterocycles. The summed E-state index contributed by atoms with van der Waals surface area (Å²) in [6.07, 6.45) is -2.19. The predicted molar refractivity (Wildman–Crippen MR) is 120 cm³/mol. The molecule has 2 fully saturated rings. The first-order valence-corrected chi connectivity index (χ1v) is 11.6. The van der Waals surface area contributed by atoms with E-state index in [2.05, 4.69) is 23.7 Å². The molecule has 2 aromatic rings. The number of nitrogens with zero attached hydrogens (tertiary/aromatic N) is 2. The number of anilines is 1. The Hall–Kier alpha value is -2.22. The number of fused-ring (bicyclic) bond motifs is 1. The Bertz CT molecular complexity index is 952. The number of H-pyrrole nitrogens is 1. The second-order valence-corrected chi connectivity index (χ2v) is 9.58. The highest BCUT2D eigenvalue weighted by Crippen LogP contribution is 2.42. The lowest BCUT2D eigenvalue weighted by molar-refractivity contribution is -0.138. The summed E-state index contributed by atoms with van der Waals surface area (Å²) in [4.78, 5) is 20.4. The number of hydrogen-bond acceptors (Lipinski definition) is 3. The molecule has 0 atom stereocenters. The molecule has 0 radical (unpaired) electrons. The minimum atomic E-state index is -4.32. The Labute approximate surface area is 187 Å². The van der Waals surface area contributed by atoms with Gasteiger partial charge in [0.2, 0.25) is 5.91 Å². The third kappa shape index (κ3) is 4.75. The number of carbonyl (C=O) groups excluding carboxylic acids is 1. The van der Waals surface area contributed by atoms with Crippen molar-refractivity contribution in [2.24, 2.45) is 5.92 Å². The number of piperazine rings is 1. The van der Waals surface area contributed by atoms with Gasteiger partial charge in [-0.1, -0.05) is 12.1 Å². The molecule has 0 unspecified atom stereocenters. The van der Waals surface area contributed by atoms with Crippen LogP contribution < -0.4 is 5.73 Å². The number of amides is 1. The SMILES string of the molecule is CC(C)N1CCN(C(=O)C2CCC(c3cccc4[nH]c(N)c(CC(F)(F)F)c34)CC2)CC1. The number of aromatic amines is 1. The summed E-state index contributed by atoms with van der Waals surface area (Å²) in [5, 5.41) is 0.613. The molecule has 1 aromatic heterocycles. The minimum absolute atomic E-state index is 0.0157. The van der Waals surface area contributed by atoms with E-state index in [0.717, 1.165) is 57.4 Å². The molecule has 5 nitrogen and oxygen atoms in total. The molecular weight excluding hydrogens is 417 g/mol. The molecule has 3 N–H and O–H groups in total. The first-order chi connectivity index (χ1) is 15.1. The minimum Gasteiger partial charge on any atom is -0.385 e. The number of benzene rings is 1. The fraction of sp³-hybridized carbons (Fsp3) is 0.625. The van der Waals surface area contributed by atoms with E-state index < -0.39 is 12.6 Å². The van der Waals surface area contributed by atoms with Crippen molar-refractivity contribution in [2.75, 3.05) is 31.9 Å². The van der Waals surface area contributed by atoms with E-state index in [1.165, 1.54) is 0 Å². The van der Waals surface area contributed by atoms with E-state index >= 15 is 0 Å². The van der Waals surface area contributed by atoms with Gasteiger partial charge >= 0.3 is 6.18 Å². The van der Waals surface area contributed by atoms with E-state index in [-0.39, 0.29) is 29.1 Å². The van der Waals surface area contributed by atoms with Crippen molar-refractivity contribution in [3.8, 4) is 0 Å². The predicted octanol–water partition coefficient (Wildman–Crippen LogP) is 4.68. The van der Waals surface area contributed by atoms with Crippen molar-refractivity contribution in [2.45, 2.75) is 64.1 Å². The van der Waals surface area contributed by atoms with Gasteiger partial charge in [0.25, 0.3) is 0 Å². The second kappa shape index (κ2) is 8.96. The van der Waals surface area contributed by atoms with Crippen molar-refractivity contribution < 1.29 is 18.0 Å². The van der Waals surface area contributed by atoms with Crippen LogP contribution in [0, 0.1) is 5.92 Å². The van der Waals surface area contributed by atoms with E-state index in [9.17, 15) is 18.0 Å². The van der Waals surface area contributed by atoms with E-state index in [4.69, 9.17) is 5.73 Å². The van der Waals surface area contributed by atoms with Crippen LogP contribution in [0.4, 0.5) is 19.0 Å². The fourth-order valence-electron chi connectivity index (χ4n) is 5.46. The van der Waals surface area contributed by atoms with Gasteiger partial charge in [-0.05, 0) is 57.1 Å². The number of nitrogens with one attached hydrogen (secondary N) is 1. The molecule has 2 aliphatic rings. The highest BCUT2D eigenvalue weighted by Gasteiger charge is 2.34. The van der Waals surface area contributed by atoms with Crippen LogP contribution in [0.2, 0.25) is 0 Å². The van der Waals surface area contributed by atoms with Crippen LogP contribution in [0.5, 0.6) is 0 Å². The molecule has 1 aliphatic heterocycles. The van der Waals surface area contributed by atoms with Gasteiger partial charge in [-0.2, -0.15) is 13.2 Å². The Morgan fingerprint density at radius 2 is 1.78 bits per heavy atom. The maximum absolute atomic E-state index is 13.2. The summed E-state index contributed by atoms with van der Waals surface area (Å²) in [5.74, 6) is 0.493. The topological polar surface area (TPSA) is 65.4 Å². The summed E-state index contributed by atoms with van der Waals surface area (Å²) in [5.41, 5.74) is 7.64. The van der Waals surface area contributed by atoms with Gasteiger partial charge in [-0.15, -0.1) is 0 Å². The quantitative estimate of drug-likeness (QED) is 0.711. The molecule has 176 valence electrons. The summed E-state index contributed by atoms with van der Waals surface area (Å²) in [6, 6.07) is 6.07. The molecule has 1 saturated heterocycles. The number of carbonyl (C=O) groups is 1. The number of alkyl halides is 3. The zero-order valence-electron chi connectivity index (χ0n) is 18.8. The number of nitrogen functional groups attached to an aromatic ring is 1. The third-order valence-electron chi connectivity index (χ3n) is 7.24. The highest BCUT2D eigenvalue weighted by molar-refractivity contribution is 5.91. The summed E-state index contributed by atoms with van der Waals surface area (Å²) < 4.78 is 39.5. The van der Waals surface area contributed by atoms with Crippen molar-refractivity contribution in [1.82, 2.24) is 14.8 Å². The number of hydrogen-bond donors (Lipinski definition) is 2. The summed E-state index contributed by atoms with van der Waals surface area (Å²) in [7, 11) is 0. The lowest BCUT2D eigenvalue weighted by Crippen LogP contribution is -2.52. The maximum Gasteiger partial charge on any atom is 0.393 e. The number of rotatable bonds is 4. The Morgan fingerprint density at radius 3 is 2.38 bits per heavy atom. The second-order valence-electron chi connectivity index (χ2n) is 9.58. The average molecular weight is 451 g/mol. The molecule has 1 aliphatic carbocycles. The van der Waals surface area contributed by atoms with Crippen LogP contribution in [0.15, 0.2) is 18.2 Å². The largest absolute Gasteiger partial charge is 0.393 e. The molecular formula is C24H33F3N4O. The molecule has 0 spiro atoms. The van der Waals surface area contributed by atoms with Crippen LogP contribution in [0.1, 0.15) is 56.6 Å². The monoisotopic (exact) mass is 450 g/mol. The van der Waals surface area contributed by atoms with Crippen molar-refractivity contribution >= 4 is 22.6 Å². The van der Waals surface area contributed by atoms with Gasteiger partial charge in [0.15, 0.2) is 0 Å². The van der Waals surface area contributed by atoms with Crippen molar-refractivity contribution in [3.05, 3.63) is 29.3 Å². The molecule has 32 heavy (non-hydrogen) atoms. The third-order valence-corrected chi connectivity index (χ3v) is 7.24. The zero-order chi connectivity index (χ0) is 23.0. The van der Waals surface area contributed by atoms with Gasteiger partial charge in [-0.3, -0.25) is 9.69 Å². The Balaban J connectivity index is 1.45. The maximum atomic E-state index is 13.2. The molecule has 4 rings (SSSR count). The van der Waals surface area contributed by atoms with Gasteiger partial charge in [0.05, 0.1) is 6.42 Å². The van der Waals surface area contributed by atoms with E-state index in [1.807, 2.05) is 17.0 Å². The standard InChI is InChI=1S/C24H33F3N4O/c1-15(2)30-10-12-31(13-11-30)23(32)17-8-6-16(7-9-17)18-4-3-5-20-21(18)19(22(28)29-20)14-24(25,26)27/h3-5,15-17,29H,6-14,28H2,1-2H3. The number of halogens is 3. The first kappa shape index (κ1) is 23.0. The number of aromatic nitrogens is 1. The molecule has 1 saturated carbocycles. The van der Waals surface area contributed by atoms with Crippen LogP contribution in [-0.4, -0.2) is 59.1 Å². The molecule has 1 amide bonds. The summed E-state index contributed by atoms with van der Waals surface area (Å²) >= 11 is 0. The average Bonchev–Trinajstić information content (AvgIpc) is 3.07. The van der Waals surface area contributed by atoms with Crippen LogP contribution >= 0.6 is 0 Å². The Kier molecular flexibility index (Phi) is 6.43. The molecule has 1 aromatic carbocycles. The Morgan fingerprint density at radius 1 is 1.12 bits per heavy atom. The van der Waals surface area contributed by atoms with Gasteiger partial charge < -0.3 is 15.6 Å². The van der Waals surface area contributed by atoms with Crippen LogP contribution in [0.3, 0.4) is 0 Å². The van der Waals surface area contributed by atoms with Gasteiger partial charge in [0, 0.05) is 54.6 Å². The van der Waals surface area contributed by atoms with Crippen LogP contribution in [0.25, 0.3) is 10.9 Å². The van der Waals surface area contributed by atoms with E-state index in [0.29, 0.717) is 16.9 Å². The summed E-state index contributed by atoms with van der Waals surface area (Å²) in [6.45, 7) is 7.74. The zero-order valence-corrected chi connectivity index (χ0v) is 18.8. The molecule has 8 heteroatoms. The van der Waals surface area contributed by atoms with Gasteiger partial charge in [0.1, 0.15) is 5.82 Å².